The summed E-state index contributed by atoms with van der Waals surface area (Å²) in [5.74, 6) is 1.46. The van der Waals surface area contributed by atoms with Crippen LogP contribution in [-0.4, -0.2) is 25.3 Å². The topological polar surface area (TPSA) is 57.9 Å². The van der Waals surface area contributed by atoms with Crippen molar-refractivity contribution in [1.82, 2.24) is 0 Å². The predicted molar refractivity (Wildman–Crippen MR) is 82.8 cm³/mol. The third-order valence-corrected chi connectivity index (χ3v) is 3.38. The first-order valence-electron chi connectivity index (χ1n) is 6.69. The summed E-state index contributed by atoms with van der Waals surface area (Å²) < 4.78 is 22.2. The first kappa shape index (κ1) is 14.7. The van der Waals surface area contributed by atoms with Gasteiger partial charge in [-0.3, -0.25) is 0 Å². The van der Waals surface area contributed by atoms with E-state index in [0.717, 1.165) is 0 Å². The molecule has 0 N–H and O–H groups in total. The molecule has 6 heteroatoms. The zero-order valence-corrected chi connectivity index (χ0v) is 13.1. The van der Waals surface area contributed by atoms with Crippen LogP contribution in [0.1, 0.15) is 5.76 Å². The first-order chi connectivity index (χ1) is 10.7. The van der Waals surface area contributed by atoms with Gasteiger partial charge < -0.3 is 18.6 Å². The summed E-state index contributed by atoms with van der Waals surface area (Å²) in [5, 5.41) is 0. The Morgan fingerprint density at radius 2 is 2.09 bits per heavy atom. The van der Waals surface area contributed by atoms with Crippen LogP contribution in [0.25, 0.3) is 6.08 Å². The van der Waals surface area contributed by atoms with Crippen molar-refractivity contribution in [3.05, 3.63) is 52.9 Å². The fourth-order valence-corrected chi connectivity index (χ4v) is 2.26. The summed E-state index contributed by atoms with van der Waals surface area (Å²) in [6, 6.07) is 10.9. The molecule has 0 radical (unpaired) electrons. The van der Waals surface area contributed by atoms with Crippen LogP contribution in [0.3, 0.4) is 0 Å². The maximum absolute atomic E-state index is 11.7. The molecule has 2 heterocycles. The van der Waals surface area contributed by atoms with Gasteiger partial charge in [0.25, 0.3) is 0 Å². The number of para-hydroxylation sites is 2. The van der Waals surface area contributed by atoms with Crippen LogP contribution in [0.5, 0.6) is 11.5 Å². The fourth-order valence-electron chi connectivity index (χ4n) is 1.94. The molecule has 0 fully saturated rings. The summed E-state index contributed by atoms with van der Waals surface area (Å²) in [6.07, 6.45) is 2.54. The van der Waals surface area contributed by atoms with Gasteiger partial charge in [0, 0.05) is 6.08 Å². The Bertz CT molecular complexity index is 691. The van der Waals surface area contributed by atoms with Gasteiger partial charge >= 0.3 is 5.97 Å². The van der Waals surface area contributed by atoms with Gasteiger partial charge in [-0.25, -0.2) is 4.79 Å². The van der Waals surface area contributed by atoms with Crippen molar-refractivity contribution in [1.29, 1.82) is 0 Å². The number of esters is 1. The van der Waals surface area contributed by atoms with Crippen LogP contribution >= 0.6 is 15.9 Å². The normalized spacial score (nSPS) is 16.7. The molecule has 0 saturated heterocycles. The highest BCUT2D eigenvalue weighted by Crippen LogP contribution is 2.30. The molecule has 22 heavy (non-hydrogen) atoms. The van der Waals surface area contributed by atoms with Crippen molar-refractivity contribution in [3.8, 4) is 11.5 Å². The van der Waals surface area contributed by atoms with E-state index in [2.05, 4.69) is 15.9 Å². The first-order valence-corrected chi connectivity index (χ1v) is 7.48. The van der Waals surface area contributed by atoms with Gasteiger partial charge in [-0.05, 0) is 46.3 Å². The van der Waals surface area contributed by atoms with Crippen molar-refractivity contribution in [2.75, 3.05) is 13.2 Å². The SMILES string of the molecule is O=C(/C=C\c1ccc(Br)o1)OC[C@H]1COc2ccccc2O1. The molecule has 1 aromatic carbocycles. The molecule has 1 aliphatic rings. The van der Waals surface area contributed by atoms with Gasteiger partial charge in [0.2, 0.25) is 0 Å². The number of benzene rings is 1. The van der Waals surface area contributed by atoms with E-state index in [1.54, 1.807) is 18.2 Å². The molecule has 1 aromatic heterocycles. The Balaban J connectivity index is 1.49. The summed E-state index contributed by atoms with van der Waals surface area (Å²) in [6.45, 7) is 0.471. The molecule has 1 aliphatic heterocycles. The van der Waals surface area contributed by atoms with Crippen molar-refractivity contribution in [2.24, 2.45) is 0 Å². The van der Waals surface area contributed by atoms with E-state index in [1.165, 1.54) is 6.08 Å². The average Bonchev–Trinajstić information content (AvgIpc) is 2.96. The molecule has 5 nitrogen and oxygen atoms in total. The molecule has 114 valence electrons. The summed E-state index contributed by atoms with van der Waals surface area (Å²) in [5.41, 5.74) is 0. The molecule has 3 rings (SSSR count). The van der Waals surface area contributed by atoms with Crippen molar-refractivity contribution in [3.63, 3.8) is 0 Å². The van der Waals surface area contributed by atoms with E-state index in [-0.39, 0.29) is 12.7 Å². The monoisotopic (exact) mass is 364 g/mol. The van der Waals surface area contributed by atoms with Gasteiger partial charge in [-0.15, -0.1) is 0 Å². The number of hydrogen-bond donors (Lipinski definition) is 0. The average molecular weight is 365 g/mol. The number of hydrogen-bond acceptors (Lipinski definition) is 5. The van der Waals surface area contributed by atoms with E-state index in [9.17, 15) is 4.79 Å². The zero-order valence-electron chi connectivity index (χ0n) is 11.5. The Hall–Kier alpha value is -2.21. The molecule has 0 saturated carbocycles. The van der Waals surface area contributed by atoms with Crippen molar-refractivity contribution >= 4 is 28.0 Å². The number of furan rings is 1. The Kier molecular flexibility index (Phi) is 4.48. The van der Waals surface area contributed by atoms with Crippen LogP contribution in [0.4, 0.5) is 0 Å². The number of rotatable bonds is 4. The van der Waals surface area contributed by atoms with Crippen LogP contribution in [0.15, 0.2) is 51.6 Å². The lowest BCUT2D eigenvalue weighted by Crippen LogP contribution is -2.34. The van der Waals surface area contributed by atoms with Gasteiger partial charge in [0.15, 0.2) is 22.3 Å². The van der Waals surface area contributed by atoms with E-state index >= 15 is 0 Å². The van der Waals surface area contributed by atoms with Gasteiger partial charge in [-0.1, -0.05) is 12.1 Å². The third-order valence-electron chi connectivity index (χ3n) is 2.96. The Morgan fingerprint density at radius 1 is 1.27 bits per heavy atom. The van der Waals surface area contributed by atoms with Crippen LogP contribution < -0.4 is 9.47 Å². The van der Waals surface area contributed by atoms with E-state index in [1.807, 2.05) is 24.3 Å². The number of ether oxygens (including phenoxy) is 3. The minimum absolute atomic E-state index is 0.124. The molecule has 0 unspecified atom stereocenters. The molecule has 0 aliphatic carbocycles. The quantitative estimate of drug-likeness (QED) is 0.614. The predicted octanol–water partition coefficient (Wildman–Crippen LogP) is 3.44. The smallest absolute Gasteiger partial charge is 0.331 e. The largest absolute Gasteiger partial charge is 0.486 e. The molecular weight excluding hydrogens is 352 g/mol. The third kappa shape index (κ3) is 3.71. The summed E-state index contributed by atoms with van der Waals surface area (Å²) in [4.78, 5) is 11.7. The molecule has 1 atom stereocenters. The van der Waals surface area contributed by atoms with Gasteiger partial charge in [0.1, 0.15) is 19.0 Å². The highest BCUT2D eigenvalue weighted by molar-refractivity contribution is 9.10. The van der Waals surface area contributed by atoms with Gasteiger partial charge in [-0.2, -0.15) is 0 Å². The molecular formula is C16H13BrO5. The lowest BCUT2D eigenvalue weighted by atomic mass is 10.3. The van der Waals surface area contributed by atoms with E-state index in [4.69, 9.17) is 18.6 Å². The zero-order chi connectivity index (χ0) is 15.4. The van der Waals surface area contributed by atoms with Crippen LogP contribution in [0, 0.1) is 0 Å². The van der Waals surface area contributed by atoms with Crippen LogP contribution in [-0.2, 0) is 9.53 Å². The molecule has 0 spiro atoms. The summed E-state index contributed by atoms with van der Waals surface area (Å²) >= 11 is 3.19. The second-order valence-corrected chi connectivity index (χ2v) is 5.38. The van der Waals surface area contributed by atoms with Crippen LogP contribution in [0.2, 0.25) is 0 Å². The number of halogens is 1. The fraction of sp³-hybridized carbons (Fsp3) is 0.188. The van der Waals surface area contributed by atoms with E-state index in [0.29, 0.717) is 28.5 Å². The minimum Gasteiger partial charge on any atom is -0.486 e. The minimum atomic E-state index is -0.463. The lowest BCUT2D eigenvalue weighted by molar-refractivity contribution is -0.140. The number of fused-ring (bicyclic) bond motifs is 1. The summed E-state index contributed by atoms with van der Waals surface area (Å²) in [7, 11) is 0. The van der Waals surface area contributed by atoms with E-state index < -0.39 is 5.97 Å². The van der Waals surface area contributed by atoms with Crippen molar-refractivity contribution < 1.29 is 23.4 Å². The number of carbonyl (C=O) groups is 1. The Labute approximate surface area is 135 Å². The highest BCUT2D eigenvalue weighted by atomic mass is 79.9. The molecule has 0 amide bonds. The van der Waals surface area contributed by atoms with Crippen molar-refractivity contribution in [2.45, 2.75) is 6.10 Å². The maximum Gasteiger partial charge on any atom is 0.331 e. The maximum atomic E-state index is 11.7. The molecule has 0 bridgehead atoms. The van der Waals surface area contributed by atoms with Gasteiger partial charge in [0.05, 0.1) is 0 Å². The molecule has 2 aromatic rings. The number of carbonyl (C=O) groups excluding carboxylic acids is 1. The Morgan fingerprint density at radius 3 is 2.86 bits per heavy atom. The standard InChI is InChI=1S/C16H13BrO5/c17-15-7-5-11(22-15)6-8-16(18)20-10-12-9-19-13-3-1-2-4-14(13)21-12/h1-8,12H,9-10H2/b8-6-/t12-/m1/s1. The highest BCUT2D eigenvalue weighted by Gasteiger charge is 2.21. The lowest BCUT2D eigenvalue weighted by Gasteiger charge is -2.25. The second kappa shape index (κ2) is 6.70. The second-order valence-electron chi connectivity index (χ2n) is 4.60.